The van der Waals surface area contributed by atoms with Crippen molar-refractivity contribution < 1.29 is 13.9 Å². The number of ether oxygens (including phenoxy) is 2. The van der Waals surface area contributed by atoms with Crippen LogP contribution in [0.2, 0.25) is 0 Å². The molecule has 0 amide bonds. The lowest BCUT2D eigenvalue weighted by atomic mass is 10.2. The second-order valence-corrected chi connectivity index (χ2v) is 3.11. The lowest BCUT2D eigenvalue weighted by Gasteiger charge is -2.03. The quantitative estimate of drug-likeness (QED) is 0.701. The average molecular weight is 192 g/mol. The molecule has 0 fully saturated rings. The van der Waals surface area contributed by atoms with Crippen LogP contribution < -0.4 is 4.74 Å². The number of rotatable bonds is 3. The van der Waals surface area contributed by atoms with Gasteiger partial charge in [0.05, 0.1) is 0 Å². The zero-order valence-electron chi connectivity index (χ0n) is 8.24. The van der Waals surface area contributed by atoms with E-state index in [0.717, 1.165) is 22.5 Å². The van der Waals surface area contributed by atoms with Crippen LogP contribution in [0.15, 0.2) is 28.7 Å². The summed E-state index contributed by atoms with van der Waals surface area (Å²) < 4.78 is 15.6. The van der Waals surface area contributed by atoms with Crippen LogP contribution >= 0.6 is 0 Å². The molecule has 0 aliphatic carbocycles. The first-order chi connectivity index (χ1) is 6.79. The van der Waals surface area contributed by atoms with Crippen molar-refractivity contribution in [3.8, 4) is 5.75 Å². The van der Waals surface area contributed by atoms with Gasteiger partial charge in [-0.2, -0.15) is 0 Å². The number of hydrogen-bond acceptors (Lipinski definition) is 3. The van der Waals surface area contributed by atoms with Gasteiger partial charge in [0.1, 0.15) is 17.1 Å². The van der Waals surface area contributed by atoms with Crippen LogP contribution in [0.3, 0.4) is 0 Å². The molecule has 0 N–H and O–H groups in total. The molecule has 0 saturated carbocycles. The standard InChI is InChI=1S/C11H12O3/c1-8-5-9-6-10(13-7-12-2)3-4-11(9)14-8/h3-6H,7H2,1-2H3. The van der Waals surface area contributed by atoms with Gasteiger partial charge < -0.3 is 13.9 Å². The molecule has 0 bridgehead atoms. The molecule has 74 valence electrons. The summed E-state index contributed by atoms with van der Waals surface area (Å²) in [6, 6.07) is 7.68. The minimum absolute atomic E-state index is 0.266. The molecule has 0 unspecified atom stereocenters. The molecule has 2 aromatic rings. The number of aryl methyl sites for hydroxylation is 1. The molecule has 3 heteroatoms. The van der Waals surface area contributed by atoms with E-state index < -0.39 is 0 Å². The predicted octanol–water partition coefficient (Wildman–Crippen LogP) is 2.72. The Bertz CT molecular complexity index is 431. The Morgan fingerprint density at radius 3 is 2.93 bits per heavy atom. The SMILES string of the molecule is COCOc1ccc2oc(C)cc2c1. The van der Waals surface area contributed by atoms with Gasteiger partial charge in [-0.25, -0.2) is 0 Å². The van der Waals surface area contributed by atoms with Gasteiger partial charge in [-0.05, 0) is 31.2 Å². The highest BCUT2D eigenvalue weighted by Crippen LogP contribution is 2.23. The number of methoxy groups -OCH3 is 1. The number of fused-ring (bicyclic) bond motifs is 1. The zero-order chi connectivity index (χ0) is 9.97. The zero-order valence-corrected chi connectivity index (χ0v) is 8.24. The Labute approximate surface area is 82.2 Å². The van der Waals surface area contributed by atoms with Crippen molar-refractivity contribution in [3.05, 3.63) is 30.0 Å². The summed E-state index contributed by atoms with van der Waals surface area (Å²) in [4.78, 5) is 0. The minimum Gasteiger partial charge on any atom is -0.468 e. The normalized spacial score (nSPS) is 10.7. The van der Waals surface area contributed by atoms with Crippen molar-refractivity contribution in [3.63, 3.8) is 0 Å². The lowest BCUT2D eigenvalue weighted by Crippen LogP contribution is -1.98. The van der Waals surface area contributed by atoms with Crippen LogP contribution in [0, 0.1) is 6.92 Å². The van der Waals surface area contributed by atoms with E-state index in [9.17, 15) is 0 Å². The van der Waals surface area contributed by atoms with Crippen LogP contribution in [-0.4, -0.2) is 13.9 Å². The first-order valence-electron chi connectivity index (χ1n) is 4.41. The molecule has 1 aromatic carbocycles. The smallest absolute Gasteiger partial charge is 0.188 e. The Morgan fingerprint density at radius 1 is 1.29 bits per heavy atom. The van der Waals surface area contributed by atoms with Gasteiger partial charge in [0.25, 0.3) is 0 Å². The summed E-state index contributed by atoms with van der Waals surface area (Å²) in [6.07, 6.45) is 0. The third-order valence-corrected chi connectivity index (χ3v) is 1.95. The fraction of sp³-hybridized carbons (Fsp3) is 0.273. The maximum Gasteiger partial charge on any atom is 0.188 e. The second-order valence-electron chi connectivity index (χ2n) is 3.11. The lowest BCUT2D eigenvalue weighted by molar-refractivity contribution is 0.0512. The summed E-state index contributed by atoms with van der Waals surface area (Å²) in [5.74, 6) is 1.70. The van der Waals surface area contributed by atoms with Gasteiger partial charge >= 0.3 is 0 Å². The first-order valence-corrected chi connectivity index (χ1v) is 4.41. The largest absolute Gasteiger partial charge is 0.468 e. The van der Waals surface area contributed by atoms with Gasteiger partial charge in [-0.3, -0.25) is 0 Å². The van der Waals surface area contributed by atoms with Crippen molar-refractivity contribution in [2.75, 3.05) is 13.9 Å². The summed E-state index contributed by atoms with van der Waals surface area (Å²) in [6.45, 7) is 2.19. The van der Waals surface area contributed by atoms with Crippen molar-refractivity contribution in [2.24, 2.45) is 0 Å². The second kappa shape index (κ2) is 3.72. The topological polar surface area (TPSA) is 31.6 Å². The molecule has 0 aliphatic heterocycles. The molecule has 0 atom stereocenters. The highest BCUT2D eigenvalue weighted by atomic mass is 16.7. The summed E-state index contributed by atoms with van der Waals surface area (Å²) >= 11 is 0. The van der Waals surface area contributed by atoms with E-state index in [1.54, 1.807) is 7.11 Å². The maximum absolute atomic E-state index is 5.44. The molecule has 0 spiro atoms. The Balaban J connectivity index is 2.31. The summed E-state index contributed by atoms with van der Waals surface area (Å²) in [5, 5.41) is 1.05. The van der Waals surface area contributed by atoms with Crippen LogP contribution in [0.25, 0.3) is 11.0 Å². The molecule has 1 aromatic heterocycles. The third-order valence-electron chi connectivity index (χ3n) is 1.95. The molecule has 2 rings (SSSR count). The molecule has 14 heavy (non-hydrogen) atoms. The Kier molecular flexibility index (Phi) is 2.41. The molecule has 3 nitrogen and oxygen atoms in total. The van der Waals surface area contributed by atoms with Crippen molar-refractivity contribution in [2.45, 2.75) is 6.92 Å². The molecular weight excluding hydrogens is 180 g/mol. The molecule has 0 saturated heterocycles. The predicted molar refractivity (Wildman–Crippen MR) is 53.5 cm³/mol. The van der Waals surface area contributed by atoms with Gasteiger partial charge in [0.2, 0.25) is 0 Å². The van der Waals surface area contributed by atoms with E-state index >= 15 is 0 Å². The van der Waals surface area contributed by atoms with Crippen molar-refractivity contribution in [1.29, 1.82) is 0 Å². The number of hydrogen-bond donors (Lipinski definition) is 0. The molecule has 1 heterocycles. The molecular formula is C11H12O3. The highest BCUT2D eigenvalue weighted by molar-refractivity contribution is 5.79. The van der Waals surface area contributed by atoms with E-state index in [1.807, 2.05) is 31.2 Å². The van der Waals surface area contributed by atoms with Crippen LogP contribution in [0.1, 0.15) is 5.76 Å². The van der Waals surface area contributed by atoms with Crippen molar-refractivity contribution in [1.82, 2.24) is 0 Å². The van der Waals surface area contributed by atoms with Crippen LogP contribution in [0.5, 0.6) is 5.75 Å². The molecule has 0 aliphatic rings. The van der Waals surface area contributed by atoms with Crippen molar-refractivity contribution >= 4 is 11.0 Å². The van der Waals surface area contributed by atoms with Gasteiger partial charge in [0.15, 0.2) is 6.79 Å². The van der Waals surface area contributed by atoms with Gasteiger partial charge in [0, 0.05) is 12.5 Å². The maximum atomic E-state index is 5.44. The fourth-order valence-corrected chi connectivity index (χ4v) is 1.37. The number of furan rings is 1. The third kappa shape index (κ3) is 1.72. The first kappa shape index (κ1) is 9.09. The van der Waals surface area contributed by atoms with Crippen LogP contribution in [0.4, 0.5) is 0 Å². The monoisotopic (exact) mass is 192 g/mol. The summed E-state index contributed by atoms with van der Waals surface area (Å²) in [5.41, 5.74) is 0.882. The van der Waals surface area contributed by atoms with E-state index in [0.29, 0.717) is 0 Å². The van der Waals surface area contributed by atoms with E-state index in [2.05, 4.69) is 0 Å². The fourth-order valence-electron chi connectivity index (χ4n) is 1.37. The average Bonchev–Trinajstić information content (AvgIpc) is 2.54. The molecule has 0 radical (unpaired) electrons. The summed E-state index contributed by atoms with van der Waals surface area (Å²) in [7, 11) is 1.60. The minimum atomic E-state index is 0.266. The van der Waals surface area contributed by atoms with Gasteiger partial charge in [-0.15, -0.1) is 0 Å². The number of benzene rings is 1. The Hall–Kier alpha value is -1.48. The van der Waals surface area contributed by atoms with E-state index in [1.165, 1.54) is 0 Å². The van der Waals surface area contributed by atoms with E-state index in [4.69, 9.17) is 13.9 Å². The Morgan fingerprint density at radius 2 is 2.14 bits per heavy atom. The van der Waals surface area contributed by atoms with E-state index in [-0.39, 0.29) is 6.79 Å². The van der Waals surface area contributed by atoms with Crippen LogP contribution in [-0.2, 0) is 4.74 Å². The highest BCUT2D eigenvalue weighted by Gasteiger charge is 2.01. The van der Waals surface area contributed by atoms with Gasteiger partial charge in [-0.1, -0.05) is 0 Å².